The third-order valence-corrected chi connectivity index (χ3v) is 4.40. The van der Waals surface area contributed by atoms with Crippen molar-refractivity contribution < 1.29 is 0 Å². The number of fused-ring (bicyclic) bond motifs is 1. The highest BCUT2D eigenvalue weighted by molar-refractivity contribution is 5.92. The Labute approximate surface area is 133 Å². The van der Waals surface area contributed by atoms with Gasteiger partial charge in [0.05, 0.1) is 0 Å². The lowest BCUT2D eigenvalue weighted by Crippen LogP contribution is -2.33. The van der Waals surface area contributed by atoms with Gasteiger partial charge in [-0.2, -0.15) is 4.98 Å². The molecule has 118 valence electrons. The zero-order valence-electron chi connectivity index (χ0n) is 12.7. The van der Waals surface area contributed by atoms with Crippen LogP contribution >= 0.6 is 0 Å². The molecule has 0 amide bonds. The van der Waals surface area contributed by atoms with Crippen molar-refractivity contribution >= 4 is 16.9 Å². The van der Waals surface area contributed by atoms with Crippen molar-refractivity contribution in [2.24, 2.45) is 5.73 Å². The molecule has 0 radical (unpaired) electrons. The number of nitrogens with one attached hydrogen (secondary N) is 2. The van der Waals surface area contributed by atoms with Crippen LogP contribution in [0.2, 0.25) is 0 Å². The van der Waals surface area contributed by atoms with E-state index >= 15 is 0 Å². The fraction of sp³-hybridized carbons (Fsp3) is 0.375. The number of aromatic amines is 1. The van der Waals surface area contributed by atoms with Gasteiger partial charge in [-0.15, -0.1) is 0 Å². The highest BCUT2D eigenvalue weighted by atomic mass is 15.2. The first-order valence-corrected chi connectivity index (χ1v) is 7.92. The van der Waals surface area contributed by atoms with E-state index in [1.54, 1.807) is 12.5 Å². The van der Waals surface area contributed by atoms with Crippen molar-refractivity contribution in [3.63, 3.8) is 0 Å². The van der Waals surface area contributed by atoms with Gasteiger partial charge in [-0.05, 0) is 31.7 Å². The maximum atomic E-state index is 5.95. The van der Waals surface area contributed by atoms with Crippen molar-refractivity contribution in [1.82, 2.24) is 24.9 Å². The van der Waals surface area contributed by atoms with Crippen LogP contribution in [-0.2, 0) is 0 Å². The summed E-state index contributed by atoms with van der Waals surface area (Å²) in [6.07, 6.45) is 11.2. The molecule has 0 aromatic carbocycles. The van der Waals surface area contributed by atoms with Gasteiger partial charge in [-0.3, -0.25) is 4.98 Å². The Morgan fingerprint density at radius 3 is 2.91 bits per heavy atom. The highest BCUT2D eigenvalue weighted by Crippen LogP contribution is 2.26. The molecular formula is C16H19N7. The Morgan fingerprint density at radius 1 is 1.17 bits per heavy atom. The summed E-state index contributed by atoms with van der Waals surface area (Å²) in [6, 6.07) is 2.65. The molecule has 4 rings (SSSR count). The van der Waals surface area contributed by atoms with Crippen molar-refractivity contribution in [2.45, 2.75) is 37.8 Å². The predicted octanol–water partition coefficient (Wildman–Crippen LogP) is 2.10. The molecule has 4 N–H and O–H groups in total. The Hall–Kier alpha value is -2.54. The van der Waals surface area contributed by atoms with Crippen LogP contribution in [-0.4, -0.2) is 37.0 Å². The molecule has 3 aromatic rings. The van der Waals surface area contributed by atoms with E-state index in [-0.39, 0.29) is 0 Å². The number of H-pyrrole nitrogens is 1. The van der Waals surface area contributed by atoms with Gasteiger partial charge in [0.1, 0.15) is 6.33 Å². The van der Waals surface area contributed by atoms with E-state index < -0.39 is 0 Å². The minimum absolute atomic E-state index is 0.334. The van der Waals surface area contributed by atoms with Crippen molar-refractivity contribution in [3.8, 4) is 11.4 Å². The lowest BCUT2D eigenvalue weighted by molar-refractivity contribution is 0.410. The number of hydrogen-bond acceptors (Lipinski definition) is 6. The van der Waals surface area contributed by atoms with E-state index in [0.717, 1.165) is 42.1 Å². The lowest BCUT2D eigenvalue weighted by Gasteiger charge is -2.26. The zero-order chi connectivity index (χ0) is 15.6. The minimum Gasteiger partial charge on any atom is -0.360 e. The summed E-state index contributed by atoms with van der Waals surface area (Å²) in [5, 5.41) is 4.42. The highest BCUT2D eigenvalue weighted by Gasteiger charge is 2.19. The summed E-state index contributed by atoms with van der Waals surface area (Å²) >= 11 is 0. The monoisotopic (exact) mass is 309 g/mol. The van der Waals surface area contributed by atoms with Gasteiger partial charge < -0.3 is 16.0 Å². The molecular weight excluding hydrogens is 290 g/mol. The normalized spacial score (nSPS) is 21.4. The number of hydrogen-bond donors (Lipinski definition) is 3. The topological polar surface area (TPSA) is 105 Å². The van der Waals surface area contributed by atoms with Crippen LogP contribution in [0.1, 0.15) is 25.7 Å². The molecule has 1 fully saturated rings. The number of rotatable bonds is 3. The Kier molecular flexibility index (Phi) is 3.63. The average molecular weight is 309 g/mol. The maximum absolute atomic E-state index is 5.95. The van der Waals surface area contributed by atoms with Crippen LogP contribution in [0.25, 0.3) is 22.3 Å². The molecule has 0 unspecified atom stereocenters. The Balaban J connectivity index is 1.59. The van der Waals surface area contributed by atoms with Gasteiger partial charge in [-0.1, -0.05) is 0 Å². The van der Waals surface area contributed by atoms with Crippen LogP contribution in [0.4, 0.5) is 5.95 Å². The van der Waals surface area contributed by atoms with E-state index in [4.69, 9.17) is 5.73 Å². The summed E-state index contributed by atoms with van der Waals surface area (Å²) in [5.74, 6) is 1.27. The quantitative estimate of drug-likeness (QED) is 0.684. The largest absolute Gasteiger partial charge is 0.360 e. The van der Waals surface area contributed by atoms with Gasteiger partial charge >= 0.3 is 0 Å². The van der Waals surface area contributed by atoms with Crippen molar-refractivity contribution in [3.05, 3.63) is 31.0 Å². The molecule has 0 bridgehead atoms. The summed E-state index contributed by atoms with van der Waals surface area (Å²) in [5.41, 5.74) is 7.91. The molecule has 1 saturated carbocycles. The predicted molar refractivity (Wildman–Crippen MR) is 88.8 cm³/mol. The summed E-state index contributed by atoms with van der Waals surface area (Å²) in [4.78, 5) is 20.5. The first kappa shape index (κ1) is 14.1. The SMILES string of the molecule is NC1CCC(Nc2ncnc(-c3c[nH]c4ccncc34)n2)CC1. The van der Waals surface area contributed by atoms with Crippen molar-refractivity contribution in [2.75, 3.05) is 5.32 Å². The minimum atomic E-state index is 0.334. The number of nitrogens with zero attached hydrogens (tertiary/aromatic N) is 4. The van der Waals surface area contributed by atoms with E-state index in [0.29, 0.717) is 23.9 Å². The van der Waals surface area contributed by atoms with Crippen LogP contribution in [0.5, 0.6) is 0 Å². The van der Waals surface area contributed by atoms with Crippen LogP contribution < -0.4 is 11.1 Å². The van der Waals surface area contributed by atoms with E-state index in [1.807, 2.05) is 18.5 Å². The van der Waals surface area contributed by atoms with Gasteiger partial charge in [0.15, 0.2) is 5.82 Å². The van der Waals surface area contributed by atoms with Crippen molar-refractivity contribution in [1.29, 1.82) is 0 Å². The summed E-state index contributed by atoms with van der Waals surface area (Å²) in [6.45, 7) is 0. The molecule has 0 spiro atoms. The molecule has 0 saturated heterocycles. The molecule has 3 heterocycles. The van der Waals surface area contributed by atoms with Gasteiger partial charge in [-0.25, -0.2) is 9.97 Å². The standard InChI is InChI=1S/C16H19N7/c17-10-1-3-11(4-2-10)22-16-21-9-20-15(23-16)13-8-19-14-5-6-18-7-12(13)14/h5-11,19H,1-4,17H2,(H,20,21,22,23). The molecule has 7 heteroatoms. The molecule has 1 aliphatic carbocycles. The van der Waals surface area contributed by atoms with Crippen LogP contribution in [0, 0.1) is 0 Å². The molecule has 0 atom stereocenters. The van der Waals surface area contributed by atoms with E-state index in [9.17, 15) is 0 Å². The number of aromatic nitrogens is 5. The third-order valence-electron chi connectivity index (χ3n) is 4.40. The van der Waals surface area contributed by atoms with Gasteiger partial charge in [0, 0.05) is 47.1 Å². The molecule has 23 heavy (non-hydrogen) atoms. The first-order valence-electron chi connectivity index (χ1n) is 7.92. The molecule has 1 aliphatic rings. The summed E-state index contributed by atoms with van der Waals surface area (Å²) in [7, 11) is 0. The number of pyridine rings is 1. The average Bonchev–Trinajstić information content (AvgIpc) is 3.01. The molecule has 0 aliphatic heterocycles. The number of anilines is 1. The van der Waals surface area contributed by atoms with E-state index in [2.05, 4.69) is 30.2 Å². The Bertz CT molecular complexity index is 805. The zero-order valence-corrected chi connectivity index (χ0v) is 12.7. The lowest BCUT2D eigenvalue weighted by atomic mass is 9.92. The maximum Gasteiger partial charge on any atom is 0.226 e. The first-order chi connectivity index (χ1) is 11.3. The number of nitrogens with two attached hydrogens (primary N) is 1. The van der Waals surface area contributed by atoms with Crippen LogP contribution in [0.15, 0.2) is 31.0 Å². The fourth-order valence-electron chi connectivity index (χ4n) is 3.09. The fourth-order valence-corrected chi connectivity index (χ4v) is 3.09. The third kappa shape index (κ3) is 2.87. The second-order valence-corrected chi connectivity index (χ2v) is 6.01. The smallest absolute Gasteiger partial charge is 0.226 e. The second-order valence-electron chi connectivity index (χ2n) is 6.01. The van der Waals surface area contributed by atoms with Crippen LogP contribution in [0.3, 0.4) is 0 Å². The Morgan fingerprint density at radius 2 is 2.04 bits per heavy atom. The molecule has 3 aromatic heterocycles. The second kappa shape index (κ2) is 5.92. The molecule has 7 nitrogen and oxygen atoms in total. The summed E-state index contributed by atoms with van der Waals surface area (Å²) < 4.78 is 0. The van der Waals surface area contributed by atoms with Gasteiger partial charge in [0.25, 0.3) is 0 Å². The van der Waals surface area contributed by atoms with Gasteiger partial charge in [0.2, 0.25) is 5.95 Å². The van der Waals surface area contributed by atoms with E-state index in [1.165, 1.54) is 0 Å².